The molecule has 0 saturated heterocycles. The summed E-state index contributed by atoms with van der Waals surface area (Å²) in [6.45, 7) is 14.8. The van der Waals surface area contributed by atoms with Crippen LogP contribution >= 0.6 is 7.82 Å². The first-order valence-electron chi connectivity index (χ1n) is 15.1. The van der Waals surface area contributed by atoms with Gasteiger partial charge in [0.1, 0.15) is 18.0 Å². The van der Waals surface area contributed by atoms with Crippen molar-refractivity contribution in [1.82, 2.24) is 0 Å². The first-order valence-corrected chi connectivity index (χ1v) is 16.5. The molecule has 0 aromatic heterocycles. The lowest BCUT2D eigenvalue weighted by Gasteiger charge is -2.33. The van der Waals surface area contributed by atoms with Gasteiger partial charge < -0.3 is 4.74 Å². The highest BCUT2D eigenvalue weighted by molar-refractivity contribution is 7.48. The molecule has 4 rings (SSSR count). The van der Waals surface area contributed by atoms with Gasteiger partial charge in [0.25, 0.3) is 0 Å². The quantitative estimate of drug-likeness (QED) is 0.183. The minimum atomic E-state index is -3.92. The van der Waals surface area contributed by atoms with Crippen molar-refractivity contribution in [3.63, 3.8) is 0 Å². The number of aryl methyl sites for hydroxylation is 2. The third kappa shape index (κ3) is 9.31. The average Bonchev–Trinajstić information content (AvgIpc) is 3.30. The fourth-order valence-electron chi connectivity index (χ4n) is 5.12. The minimum Gasteiger partial charge on any atom is -0.479 e. The zero-order valence-electron chi connectivity index (χ0n) is 27.1. The lowest BCUT2D eigenvalue weighted by molar-refractivity contribution is -0.00467. The van der Waals surface area contributed by atoms with Crippen LogP contribution in [0.25, 0.3) is 5.57 Å². The molecule has 1 aliphatic heterocycles. The van der Waals surface area contributed by atoms with Gasteiger partial charge in [-0.05, 0) is 72.4 Å². The molecule has 238 valence electrons. The normalized spacial score (nSPS) is 20.9. The highest BCUT2D eigenvalue weighted by atomic mass is 31.2. The van der Waals surface area contributed by atoms with E-state index in [1.54, 1.807) is 72.8 Å². The van der Waals surface area contributed by atoms with Crippen LogP contribution in [0.1, 0.15) is 88.4 Å². The fraction of sp³-hybridized carbons (Fsp3) is 0.486. The van der Waals surface area contributed by atoms with Gasteiger partial charge in [-0.15, -0.1) is 0 Å². The van der Waals surface area contributed by atoms with E-state index in [-0.39, 0.29) is 31.2 Å². The summed E-state index contributed by atoms with van der Waals surface area (Å²) in [5.74, 6) is -0.356. The number of ketones is 1. The zero-order chi connectivity index (χ0) is 32.3. The third-order valence-electron chi connectivity index (χ3n) is 7.21. The number of hydrogen-bond acceptors (Lipinski definition) is 7. The maximum absolute atomic E-state index is 15.2. The molecule has 0 saturated carbocycles. The summed E-state index contributed by atoms with van der Waals surface area (Å²) in [7, 11) is -3.92. The molecule has 2 aromatic rings. The monoisotopic (exact) mass is 625 g/mol. The highest BCUT2D eigenvalue weighted by Crippen LogP contribution is 2.56. The van der Waals surface area contributed by atoms with Crippen LogP contribution in [-0.2, 0) is 29.3 Å². The van der Waals surface area contributed by atoms with Crippen LogP contribution in [0.2, 0.25) is 0 Å². The van der Waals surface area contributed by atoms with Gasteiger partial charge in [0.15, 0.2) is 11.7 Å². The molecule has 0 radical (unpaired) electrons. The van der Waals surface area contributed by atoms with Gasteiger partial charge in [-0.1, -0.05) is 66.2 Å². The Balaban J connectivity index is 1.42. The molecular weight excluding hydrogens is 580 g/mol. The van der Waals surface area contributed by atoms with E-state index in [1.807, 2.05) is 43.3 Å². The molecule has 0 amide bonds. The van der Waals surface area contributed by atoms with Gasteiger partial charge in [-0.2, -0.15) is 0 Å². The number of halogens is 1. The van der Waals surface area contributed by atoms with Crippen molar-refractivity contribution in [2.75, 3.05) is 13.2 Å². The predicted molar refractivity (Wildman–Crippen MR) is 173 cm³/mol. The van der Waals surface area contributed by atoms with Crippen molar-refractivity contribution in [3.8, 4) is 0 Å². The Kier molecular flexibility index (Phi) is 10.2. The van der Waals surface area contributed by atoms with Gasteiger partial charge in [0.05, 0.1) is 17.8 Å². The van der Waals surface area contributed by atoms with E-state index < -0.39 is 30.5 Å². The molecular formula is C35H45FNO6P. The number of allylic oxidation sites excluding steroid dienone is 4. The van der Waals surface area contributed by atoms with Gasteiger partial charge >= 0.3 is 7.82 Å². The summed E-state index contributed by atoms with van der Waals surface area (Å²) in [6.07, 6.45) is 4.75. The topological polar surface area (TPSA) is 83.4 Å². The van der Waals surface area contributed by atoms with Crippen molar-refractivity contribution in [3.05, 3.63) is 88.8 Å². The van der Waals surface area contributed by atoms with Gasteiger partial charge in [-0.25, -0.2) is 13.9 Å². The molecule has 1 heterocycles. The third-order valence-corrected chi connectivity index (χ3v) is 9.20. The molecule has 2 aromatic carbocycles. The average molecular weight is 626 g/mol. The number of phosphoric acid groups is 1. The van der Waals surface area contributed by atoms with E-state index in [1.165, 1.54) is 0 Å². The number of carbonyl (C=O) groups excluding carboxylic acids is 1. The number of nitrogens with zero attached hydrogens (tertiary/aromatic N) is 1. The van der Waals surface area contributed by atoms with Crippen molar-refractivity contribution in [2.24, 2.45) is 10.9 Å². The Morgan fingerprint density at radius 3 is 2.14 bits per heavy atom. The molecule has 1 aliphatic carbocycles. The number of carbonyl (C=O) groups is 1. The number of benzene rings is 2. The summed E-state index contributed by atoms with van der Waals surface area (Å²) in [4.78, 5) is 17.6. The Morgan fingerprint density at radius 1 is 1.00 bits per heavy atom. The summed E-state index contributed by atoms with van der Waals surface area (Å²) in [5, 5.41) is 0. The van der Waals surface area contributed by atoms with Gasteiger partial charge in [0, 0.05) is 30.4 Å². The summed E-state index contributed by atoms with van der Waals surface area (Å²) < 4.78 is 52.1. The largest absolute Gasteiger partial charge is 0.479 e. The van der Waals surface area contributed by atoms with E-state index in [0.29, 0.717) is 29.9 Å². The molecule has 0 spiro atoms. The van der Waals surface area contributed by atoms with Crippen molar-refractivity contribution < 1.29 is 32.1 Å². The van der Waals surface area contributed by atoms with Crippen LogP contribution in [-0.4, -0.2) is 41.6 Å². The van der Waals surface area contributed by atoms with E-state index in [0.717, 1.165) is 16.7 Å². The number of Topliss-reactive ketones (excluding diaryl/α,β-unsaturated/α-hetero) is 1. The highest BCUT2D eigenvalue weighted by Gasteiger charge is 2.43. The smallest absolute Gasteiger partial charge is 0.475 e. The fourth-order valence-corrected chi connectivity index (χ4v) is 7.00. The lowest BCUT2D eigenvalue weighted by Crippen LogP contribution is -2.36. The molecule has 2 atom stereocenters. The number of phosphoric ester groups is 1. The first kappa shape index (κ1) is 34.0. The molecule has 2 aliphatic rings. The molecule has 0 N–H and O–H groups in total. The predicted octanol–water partition coefficient (Wildman–Crippen LogP) is 9.01. The standard InChI is InChI=1S/C35H45FNO6P/c1-24-9-13-28(14-10-24)32(38)29-17-18-30(31(36)21-29)27-15-11-26(12-16-27)19-20-35(22-40-25(2)37-35)23-41-44(39,42-33(3,4)5)43-34(6,7)8/h9-18,29H,19-23H2,1-8H3/t29-,35?/m1/s1. The maximum Gasteiger partial charge on any atom is 0.475 e. The van der Waals surface area contributed by atoms with Crippen LogP contribution in [0, 0.1) is 12.8 Å². The van der Waals surface area contributed by atoms with Crippen LogP contribution in [0.3, 0.4) is 0 Å². The molecule has 7 nitrogen and oxygen atoms in total. The minimum absolute atomic E-state index is 0.00275. The van der Waals surface area contributed by atoms with Crippen LogP contribution in [0.15, 0.2) is 71.5 Å². The molecule has 0 fully saturated rings. The van der Waals surface area contributed by atoms with E-state index >= 15 is 4.39 Å². The molecule has 1 unspecified atom stereocenters. The van der Waals surface area contributed by atoms with E-state index in [4.69, 9.17) is 23.3 Å². The summed E-state index contributed by atoms with van der Waals surface area (Å²) >= 11 is 0. The van der Waals surface area contributed by atoms with Crippen LogP contribution in [0.4, 0.5) is 4.39 Å². The maximum atomic E-state index is 15.2. The number of ether oxygens (including phenoxy) is 1. The van der Waals surface area contributed by atoms with Gasteiger partial charge in [0.2, 0.25) is 0 Å². The SMILES string of the molecule is CC1=NC(CCc2ccc(C3=C(F)C[C@H](C(=O)c4ccc(C)cc4)C=C3)cc2)(COP(=O)(OC(C)(C)C)OC(C)(C)C)CO1. The second-order valence-corrected chi connectivity index (χ2v) is 15.2. The zero-order valence-corrected chi connectivity index (χ0v) is 28.0. The second-order valence-electron chi connectivity index (χ2n) is 13.7. The van der Waals surface area contributed by atoms with Crippen molar-refractivity contribution >= 4 is 25.1 Å². The van der Waals surface area contributed by atoms with Crippen molar-refractivity contribution in [2.45, 2.75) is 91.4 Å². The Bertz CT molecular complexity index is 1460. The Hall–Kier alpha value is -2.90. The van der Waals surface area contributed by atoms with Crippen LogP contribution in [0.5, 0.6) is 0 Å². The van der Waals surface area contributed by atoms with Gasteiger partial charge in [-0.3, -0.25) is 18.4 Å². The van der Waals surface area contributed by atoms with E-state index in [2.05, 4.69) is 0 Å². The second kappa shape index (κ2) is 13.2. The molecule has 44 heavy (non-hydrogen) atoms. The first-order chi connectivity index (χ1) is 20.4. The molecule has 0 bridgehead atoms. The Morgan fingerprint density at radius 2 is 1.61 bits per heavy atom. The van der Waals surface area contributed by atoms with Crippen LogP contribution < -0.4 is 0 Å². The lowest BCUT2D eigenvalue weighted by atomic mass is 9.86. The van der Waals surface area contributed by atoms with Crippen molar-refractivity contribution in [1.29, 1.82) is 0 Å². The summed E-state index contributed by atoms with van der Waals surface area (Å²) in [6, 6.07) is 15.1. The number of aliphatic imine (C=N–C) groups is 1. The Labute approximate surface area is 261 Å². The van der Waals surface area contributed by atoms with E-state index in [9.17, 15) is 9.36 Å². The molecule has 9 heteroatoms. The summed E-state index contributed by atoms with van der Waals surface area (Å²) in [5.41, 5.74) is 1.67. The number of rotatable bonds is 11. The number of hydrogen-bond donors (Lipinski definition) is 0.